The highest BCUT2D eigenvalue weighted by molar-refractivity contribution is 6.00. The number of para-hydroxylation sites is 2. The van der Waals surface area contributed by atoms with Crippen LogP contribution in [0, 0.1) is 0 Å². The second kappa shape index (κ2) is 7.47. The summed E-state index contributed by atoms with van der Waals surface area (Å²) < 4.78 is 7.12. The number of benzene rings is 2. The SMILES string of the molecule is C[C@@H]1Oc2ccccc2N(CCC(=O)Nc2cccc(-n3cnnn3)c2)C1=O. The topological polar surface area (TPSA) is 102 Å². The van der Waals surface area contributed by atoms with Crippen LogP contribution < -0.4 is 15.0 Å². The summed E-state index contributed by atoms with van der Waals surface area (Å²) in [5.41, 5.74) is 2.04. The molecule has 1 atom stereocenters. The fourth-order valence-electron chi connectivity index (χ4n) is 3.03. The number of fused-ring (bicyclic) bond motifs is 1. The summed E-state index contributed by atoms with van der Waals surface area (Å²) in [6.45, 7) is 1.97. The molecule has 2 heterocycles. The van der Waals surface area contributed by atoms with E-state index in [1.54, 1.807) is 30.0 Å². The molecule has 0 spiro atoms. The van der Waals surface area contributed by atoms with Gasteiger partial charge in [0, 0.05) is 18.7 Å². The molecule has 0 saturated heterocycles. The third-order valence-corrected chi connectivity index (χ3v) is 4.38. The van der Waals surface area contributed by atoms with Crippen LogP contribution in [-0.4, -0.2) is 44.7 Å². The maximum Gasteiger partial charge on any atom is 0.267 e. The Hall–Kier alpha value is -3.75. The molecule has 142 valence electrons. The molecule has 2 amide bonds. The van der Waals surface area contributed by atoms with Crippen LogP contribution >= 0.6 is 0 Å². The van der Waals surface area contributed by atoms with Gasteiger partial charge in [0.25, 0.3) is 5.91 Å². The van der Waals surface area contributed by atoms with Crippen LogP contribution in [0.5, 0.6) is 5.75 Å². The zero-order chi connectivity index (χ0) is 19.5. The number of carbonyl (C=O) groups is 2. The van der Waals surface area contributed by atoms with E-state index in [4.69, 9.17) is 4.74 Å². The number of anilines is 2. The minimum Gasteiger partial charge on any atom is -0.479 e. The van der Waals surface area contributed by atoms with Gasteiger partial charge >= 0.3 is 0 Å². The average molecular weight is 378 g/mol. The zero-order valence-electron chi connectivity index (χ0n) is 15.1. The van der Waals surface area contributed by atoms with Crippen molar-refractivity contribution in [2.45, 2.75) is 19.4 Å². The average Bonchev–Trinajstić information content (AvgIpc) is 3.23. The maximum atomic E-state index is 12.5. The van der Waals surface area contributed by atoms with E-state index in [1.165, 1.54) is 11.0 Å². The number of nitrogens with one attached hydrogen (secondary N) is 1. The number of nitrogens with zero attached hydrogens (tertiary/aromatic N) is 5. The summed E-state index contributed by atoms with van der Waals surface area (Å²) in [5, 5.41) is 13.9. The van der Waals surface area contributed by atoms with E-state index in [0.29, 0.717) is 17.1 Å². The maximum absolute atomic E-state index is 12.5. The molecule has 28 heavy (non-hydrogen) atoms. The predicted molar refractivity (Wildman–Crippen MR) is 101 cm³/mol. The Bertz CT molecular complexity index is 1000. The number of rotatable bonds is 5. The predicted octanol–water partition coefficient (Wildman–Crippen LogP) is 1.80. The van der Waals surface area contributed by atoms with E-state index in [1.807, 2.05) is 30.3 Å². The van der Waals surface area contributed by atoms with Gasteiger partial charge in [-0.05, 0) is 47.7 Å². The number of hydrogen-bond acceptors (Lipinski definition) is 6. The molecule has 9 heteroatoms. The van der Waals surface area contributed by atoms with Gasteiger partial charge in [-0.2, -0.15) is 0 Å². The summed E-state index contributed by atoms with van der Waals surface area (Å²) in [6.07, 6.45) is 1.05. The number of hydrogen-bond donors (Lipinski definition) is 1. The molecule has 0 aliphatic carbocycles. The van der Waals surface area contributed by atoms with Crippen molar-refractivity contribution in [2.24, 2.45) is 0 Å². The van der Waals surface area contributed by atoms with Gasteiger partial charge in [-0.1, -0.05) is 18.2 Å². The van der Waals surface area contributed by atoms with Crippen LogP contribution in [0.4, 0.5) is 11.4 Å². The molecule has 1 aromatic heterocycles. The molecular formula is C19H18N6O3. The van der Waals surface area contributed by atoms with Gasteiger partial charge in [-0.3, -0.25) is 9.59 Å². The molecule has 1 aliphatic heterocycles. The molecule has 4 rings (SSSR count). The molecule has 1 aliphatic rings. The lowest BCUT2D eigenvalue weighted by Crippen LogP contribution is -2.45. The van der Waals surface area contributed by atoms with Crippen LogP contribution in [0.2, 0.25) is 0 Å². The fraction of sp³-hybridized carbons (Fsp3) is 0.211. The van der Waals surface area contributed by atoms with Crippen molar-refractivity contribution in [3.05, 3.63) is 54.9 Å². The van der Waals surface area contributed by atoms with Gasteiger partial charge in [0.15, 0.2) is 6.10 Å². The highest BCUT2D eigenvalue weighted by atomic mass is 16.5. The molecule has 9 nitrogen and oxygen atoms in total. The molecule has 1 N–H and O–H groups in total. The largest absolute Gasteiger partial charge is 0.479 e. The molecule has 3 aromatic rings. The summed E-state index contributed by atoms with van der Waals surface area (Å²) in [7, 11) is 0. The summed E-state index contributed by atoms with van der Waals surface area (Å²) in [6, 6.07) is 14.5. The van der Waals surface area contributed by atoms with E-state index in [2.05, 4.69) is 20.8 Å². The first-order valence-electron chi connectivity index (χ1n) is 8.82. The minimum atomic E-state index is -0.578. The number of carbonyl (C=O) groups excluding carboxylic acids is 2. The molecule has 0 bridgehead atoms. The van der Waals surface area contributed by atoms with E-state index in [-0.39, 0.29) is 24.8 Å². The highest BCUT2D eigenvalue weighted by Crippen LogP contribution is 2.33. The van der Waals surface area contributed by atoms with Crippen LogP contribution in [0.25, 0.3) is 5.69 Å². The second-order valence-electron chi connectivity index (χ2n) is 6.32. The number of tetrazole rings is 1. The zero-order valence-corrected chi connectivity index (χ0v) is 15.1. The molecule has 0 fully saturated rings. The molecule has 0 saturated carbocycles. The Morgan fingerprint density at radius 1 is 1.21 bits per heavy atom. The lowest BCUT2D eigenvalue weighted by molar-refractivity contribution is -0.125. The van der Waals surface area contributed by atoms with E-state index < -0.39 is 6.10 Å². The van der Waals surface area contributed by atoms with Crippen molar-refractivity contribution in [1.29, 1.82) is 0 Å². The molecule has 0 unspecified atom stereocenters. The lowest BCUT2D eigenvalue weighted by atomic mass is 10.1. The van der Waals surface area contributed by atoms with Crippen molar-refractivity contribution >= 4 is 23.2 Å². The molecular weight excluding hydrogens is 360 g/mol. The first kappa shape index (κ1) is 17.7. The van der Waals surface area contributed by atoms with Crippen LogP contribution in [0.1, 0.15) is 13.3 Å². The lowest BCUT2D eigenvalue weighted by Gasteiger charge is -2.32. The Labute approximate surface area is 160 Å². The van der Waals surface area contributed by atoms with Gasteiger partial charge in [0.05, 0.1) is 11.4 Å². The standard InChI is InChI=1S/C19H18N6O3/c1-13-19(27)24(16-7-2-3-8-17(16)28-13)10-9-18(26)21-14-5-4-6-15(11-14)25-12-20-22-23-25/h2-8,11-13H,9-10H2,1H3,(H,21,26)/t13-/m0/s1. The van der Waals surface area contributed by atoms with Gasteiger partial charge in [0.2, 0.25) is 5.91 Å². The number of amides is 2. The van der Waals surface area contributed by atoms with Crippen LogP contribution in [0.15, 0.2) is 54.9 Å². The first-order chi connectivity index (χ1) is 13.6. The van der Waals surface area contributed by atoms with E-state index in [0.717, 1.165) is 5.69 Å². The van der Waals surface area contributed by atoms with E-state index >= 15 is 0 Å². The van der Waals surface area contributed by atoms with Gasteiger partial charge in [-0.25, -0.2) is 4.68 Å². The van der Waals surface area contributed by atoms with Crippen molar-refractivity contribution in [2.75, 3.05) is 16.8 Å². The van der Waals surface area contributed by atoms with Crippen LogP contribution in [0.3, 0.4) is 0 Å². The third-order valence-electron chi connectivity index (χ3n) is 4.38. The monoisotopic (exact) mass is 378 g/mol. The summed E-state index contributed by atoms with van der Waals surface area (Å²) >= 11 is 0. The van der Waals surface area contributed by atoms with Crippen molar-refractivity contribution < 1.29 is 14.3 Å². The number of ether oxygens (including phenoxy) is 1. The third kappa shape index (κ3) is 3.54. The Morgan fingerprint density at radius 2 is 2.07 bits per heavy atom. The fourth-order valence-corrected chi connectivity index (χ4v) is 3.03. The highest BCUT2D eigenvalue weighted by Gasteiger charge is 2.31. The van der Waals surface area contributed by atoms with Crippen molar-refractivity contribution in [3.63, 3.8) is 0 Å². The minimum absolute atomic E-state index is 0.155. The molecule has 2 aromatic carbocycles. The summed E-state index contributed by atoms with van der Waals surface area (Å²) in [5.74, 6) is 0.287. The van der Waals surface area contributed by atoms with Gasteiger partial charge < -0.3 is 15.0 Å². The second-order valence-corrected chi connectivity index (χ2v) is 6.32. The smallest absolute Gasteiger partial charge is 0.267 e. The van der Waals surface area contributed by atoms with Crippen LogP contribution in [-0.2, 0) is 9.59 Å². The van der Waals surface area contributed by atoms with E-state index in [9.17, 15) is 9.59 Å². The normalized spacial score (nSPS) is 15.7. The van der Waals surface area contributed by atoms with Crippen molar-refractivity contribution in [1.82, 2.24) is 20.2 Å². The summed E-state index contributed by atoms with van der Waals surface area (Å²) in [4.78, 5) is 26.5. The first-order valence-corrected chi connectivity index (χ1v) is 8.82. The van der Waals surface area contributed by atoms with Crippen molar-refractivity contribution in [3.8, 4) is 11.4 Å². The van der Waals surface area contributed by atoms with Gasteiger partial charge in [-0.15, -0.1) is 5.10 Å². The molecule has 0 radical (unpaired) electrons. The van der Waals surface area contributed by atoms with Gasteiger partial charge in [0.1, 0.15) is 12.1 Å². The Kier molecular flexibility index (Phi) is 4.71. The Balaban J connectivity index is 1.42. The Morgan fingerprint density at radius 3 is 2.89 bits per heavy atom. The number of aromatic nitrogens is 4. The quantitative estimate of drug-likeness (QED) is 0.726.